The quantitative estimate of drug-likeness (QED) is 0.390. The summed E-state index contributed by atoms with van der Waals surface area (Å²) in [7, 11) is -3.50. The molecule has 3 aliphatic heterocycles. The maximum absolute atomic E-state index is 12.2. The van der Waals surface area contributed by atoms with Crippen LogP contribution in [0.3, 0.4) is 0 Å². The van der Waals surface area contributed by atoms with Crippen LogP contribution in [0.2, 0.25) is 0 Å². The summed E-state index contributed by atoms with van der Waals surface area (Å²) in [5.74, 6) is -2.20. The number of hydrogen-bond acceptors (Lipinski definition) is 8. The normalized spacial score (nSPS) is 32.6. The van der Waals surface area contributed by atoms with Crippen molar-refractivity contribution in [3.05, 3.63) is 9.93 Å². The highest BCUT2D eigenvalue weighted by Gasteiger charge is 2.58. The number of carbonyl (C=O) groups excluding carboxylic acids is 1. The Labute approximate surface area is 159 Å². The molecule has 3 heterocycles. The number of primary sulfonamides is 1. The largest absolute Gasteiger partial charge is 0.477 e. The van der Waals surface area contributed by atoms with Gasteiger partial charge in [0.05, 0.1) is 22.0 Å². The van der Waals surface area contributed by atoms with Crippen molar-refractivity contribution >= 4 is 45.4 Å². The molecule has 0 aromatic rings. The number of sulfonamides is 1. The van der Waals surface area contributed by atoms with Crippen molar-refractivity contribution in [3.8, 4) is 0 Å². The lowest BCUT2D eigenvalue weighted by atomic mass is 9.92. The summed E-state index contributed by atoms with van der Waals surface area (Å²) in [6.07, 6.45) is 0.271. The molecule has 0 aliphatic carbocycles. The van der Waals surface area contributed by atoms with Crippen LogP contribution in [0.15, 0.2) is 9.93 Å². The molecule has 5 atom stereocenters. The van der Waals surface area contributed by atoms with E-state index in [9.17, 15) is 28.2 Å². The predicted molar refractivity (Wildman–Crippen MR) is 98.4 cm³/mol. The van der Waals surface area contributed by atoms with Crippen molar-refractivity contribution in [1.82, 2.24) is 10.2 Å². The summed E-state index contributed by atoms with van der Waals surface area (Å²) in [6.45, 7) is 2.15. The average molecular weight is 424 g/mol. The summed E-state index contributed by atoms with van der Waals surface area (Å²) >= 11 is 2.70. The molecule has 0 bridgehead atoms. The number of hydrogen-bond donors (Lipinski definition) is 4. The van der Waals surface area contributed by atoms with Gasteiger partial charge in [-0.15, -0.1) is 11.8 Å². The molecule has 2 fully saturated rings. The number of rotatable bonds is 7. The first-order valence-corrected chi connectivity index (χ1v) is 11.6. The van der Waals surface area contributed by atoms with Crippen molar-refractivity contribution in [3.63, 3.8) is 0 Å². The van der Waals surface area contributed by atoms with Crippen molar-refractivity contribution in [2.45, 2.75) is 42.5 Å². The molecule has 26 heavy (non-hydrogen) atoms. The third-order valence-electron chi connectivity index (χ3n) is 4.67. The highest BCUT2D eigenvalue weighted by Crippen LogP contribution is 2.54. The molecule has 9 nitrogen and oxygen atoms in total. The van der Waals surface area contributed by atoms with E-state index in [1.54, 1.807) is 0 Å². The van der Waals surface area contributed by atoms with Crippen LogP contribution in [0.1, 0.15) is 19.8 Å². The van der Waals surface area contributed by atoms with E-state index in [1.165, 1.54) is 35.3 Å². The number of fused-ring (bicyclic) bond motifs is 1. The fourth-order valence-electron chi connectivity index (χ4n) is 3.38. The maximum atomic E-state index is 12.2. The van der Waals surface area contributed by atoms with E-state index in [0.717, 1.165) is 0 Å². The topological polar surface area (TPSA) is 150 Å². The Hall–Kier alpha value is -0.790. The van der Waals surface area contributed by atoms with E-state index < -0.39 is 28.0 Å². The van der Waals surface area contributed by atoms with Gasteiger partial charge in [-0.05, 0) is 19.8 Å². The van der Waals surface area contributed by atoms with Crippen LogP contribution in [0.4, 0.5) is 0 Å². The highest BCUT2D eigenvalue weighted by molar-refractivity contribution is 8.23. The molecule has 0 spiro atoms. The number of nitrogens with two attached hydrogens (primary N) is 1. The molecule has 0 unspecified atom stereocenters. The van der Waals surface area contributed by atoms with Gasteiger partial charge in [-0.1, -0.05) is 11.8 Å². The van der Waals surface area contributed by atoms with Crippen molar-refractivity contribution in [1.29, 1.82) is 0 Å². The van der Waals surface area contributed by atoms with Crippen molar-refractivity contribution in [2.75, 3.05) is 12.3 Å². The second-order valence-electron chi connectivity index (χ2n) is 6.66. The molecule has 0 saturated carbocycles. The van der Waals surface area contributed by atoms with E-state index in [0.29, 0.717) is 23.6 Å². The summed E-state index contributed by atoms with van der Waals surface area (Å²) in [6, 6.07) is 0.00924. The molecule has 0 aromatic carbocycles. The third kappa shape index (κ3) is 3.90. The lowest BCUT2D eigenvalue weighted by Crippen LogP contribution is -2.60. The Morgan fingerprint density at radius 3 is 2.81 bits per heavy atom. The summed E-state index contributed by atoms with van der Waals surface area (Å²) in [5, 5.41) is 27.2. The number of nitrogens with zero attached hydrogens (tertiary/aromatic N) is 1. The van der Waals surface area contributed by atoms with Crippen LogP contribution in [-0.2, 0) is 19.6 Å². The zero-order chi connectivity index (χ0) is 19.2. The fraction of sp³-hybridized carbons (Fsp3) is 0.714. The Balaban J connectivity index is 1.65. The zero-order valence-corrected chi connectivity index (χ0v) is 16.4. The number of β-lactam (4-membered cyclic amide) rings is 1. The van der Waals surface area contributed by atoms with Gasteiger partial charge in [-0.25, -0.2) is 18.4 Å². The predicted octanol–water partition coefficient (Wildman–Crippen LogP) is -0.705. The van der Waals surface area contributed by atoms with Gasteiger partial charge in [0, 0.05) is 17.8 Å². The first-order valence-electron chi connectivity index (χ1n) is 8.14. The van der Waals surface area contributed by atoms with Gasteiger partial charge in [-0.2, -0.15) is 0 Å². The van der Waals surface area contributed by atoms with Crippen LogP contribution in [0.5, 0.6) is 0 Å². The Morgan fingerprint density at radius 2 is 2.23 bits per heavy atom. The minimum Gasteiger partial charge on any atom is -0.477 e. The monoisotopic (exact) mass is 423 g/mol. The molecule has 3 rings (SSSR count). The first kappa shape index (κ1) is 20.0. The van der Waals surface area contributed by atoms with Gasteiger partial charge in [0.15, 0.2) is 5.70 Å². The minimum absolute atomic E-state index is 0.00924. The van der Waals surface area contributed by atoms with Gasteiger partial charge in [0.25, 0.3) is 0 Å². The molecule has 2 saturated heterocycles. The smallest absolute Gasteiger partial charge is 0.354 e. The number of aliphatic hydroxyl groups is 1. The Kier molecular flexibility index (Phi) is 5.62. The molecule has 146 valence electrons. The van der Waals surface area contributed by atoms with E-state index in [1.807, 2.05) is 0 Å². The third-order valence-corrected chi connectivity index (χ3v) is 8.31. The van der Waals surface area contributed by atoms with Crippen molar-refractivity contribution < 1.29 is 28.2 Å². The number of carboxylic acid groups (broad SMARTS) is 1. The van der Waals surface area contributed by atoms with Crippen molar-refractivity contribution in [2.24, 2.45) is 11.1 Å². The van der Waals surface area contributed by atoms with E-state index in [-0.39, 0.29) is 34.0 Å². The number of amides is 1. The van der Waals surface area contributed by atoms with E-state index in [4.69, 9.17) is 5.14 Å². The number of carbonyl (C=O) groups is 2. The molecule has 1 amide bonds. The number of thioether (sulfide) groups is 2. The second kappa shape index (κ2) is 7.32. The van der Waals surface area contributed by atoms with Crippen LogP contribution in [0.25, 0.3) is 0 Å². The number of aliphatic carboxylic acids is 1. The van der Waals surface area contributed by atoms with Crippen LogP contribution >= 0.6 is 23.5 Å². The minimum atomic E-state index is -3.50. The summed E-state index contributed by atoms with van der Waals surface area (Å²) in [5.41, 5.74) is -0.0140. The average Bonchev–Trinajstić information content (AvgIpc) is 3.07. The standard InChI is InChI=1S/C14H21N3O6S3/c1-6(18)9-11(19)17-10(13(20)21)14(25-12(9)17)24-8-4-7(16-5-8)2-3-26(15,22)23/h6-9,12,16,18H,2-5H2,1H3,(H,20,21)(H2,15,22,23)/t6-,7-,8+,9+,12-/m1/s1. The van der Waals surface area contributed by atoms with Gasteiger partial charge in [0.1, 0.15) is 5.37 Å². The molecular weight excluding hydrogens is 402 g/mol. The number of aliphatic hydroxyl groups excluding tert-OH is 1. The van der Waals surface area contributed by atoms with Gasteiger partial charge < -0.3 is 15.5 Å². The SMILES string of the molecule is C[C@@H](O)[C@H]1C(=O)N2C(C(=O)O)=C(S[C@@H]3CN[C@H](CCS(N)(=O)=O)C3)S[C@H]12. The number of carboxylic acids is 1. The van der Waals surface area contributed by atoms with E-state index in [2.05, 4.69) is 5.32 Å². The van der Waals surface area contributed by atoms with Gasteiger partial charge >= 0.3 is 5.97 Å². The maximum Gasteiger partial charge on any atom is 0.354 e. The second-order valence-corrected chi connectivity index (χ2v) is 11.1. The Bertz CT molecular complexity index is 753. The van der Waals surface area contributed by atoms with Gasteiger partial charge in [0.2, 0.25) is 15.9 Å². The first-order chi connectivity index (χ1) is 12.1. The lowest BCUT2D eigenvalue weighted by Gasteiger charge is -2.43. The molecule has 12 heteroatoms. The number of nitrogens with one attached hydrogen (secondary N) is 1. The lowest BCUT2D eigenvalue weighted by molar-refractivity contribution is -0.156. The molecule has 3 aliphatic rings. The molecule has 5 N–H and O–H groups in total. The fourth-order valence-corrected chi connectivity index (χ4v) is 7.35. The van der Waals surface area contributed by atoms with Gasteiger partial charge in [-0.3, -0.25) is 9.69 Å². The summed E-state index contributed by atoms with van der Waals surface area (Å²) < 4.78 is 22.7. The van der Waals surface area contributed by atoms with E-state index >= 15 is 0 Å². The highest BCUT2D eigenvalue weighted by atomic mass is 32.2. The van der Waals surface area contributed by atoms with Crippen LogP contribution < -0.4 is 10.5 Å². The molecule has 0 aromatic heterocycles. The molecular formula is C14H21N3O6S3. The van der Waals surface area contributed by atoms with Crippen LogP contribution in [0, 0.1) is 5.92 Å². The zero-order valence-electron chi connectivity index (χ0n) is 14.0. The molecule has 0 radical (unpaired) electrons. The summed E-state index contributed by atoms with van der Waals surface area (Å²) in [4.78, 5) is 25.1. The Morgan fingerprint density at radius 1 is 1.54 bits per heavy atom. The van der Waals surface area contributed by atoms with Crippen LogP contribution in [-0.4, -0.2) is 70.5 Å².